The molecule has 1 aliphatic heterocycles. The van der Waals surface area contributed by atoms with Crippen molar-refractivity contribution in [1.29, 1.82) is 0 Å². The second-order valence-corrected chi connectivity index (χ2v) is 5.27. The zero-order valence-corrected chi connectivity index (χ0v) is 13.2. The average Bonchev–Trinajstić information content (AvgIpc) is 2.53. The van der Waals surface area contributed by atoms with E-state index in [1.54, 1.807) is 0 Å². The lowest BCUT2D eigenvalue weighted by Gasteiger charge is -2.25. The largest absolute Gasteiger partial charge is 0.493 e. The lowest BCUT2D eigenvalue weighted by molar-refractivity contribution is 0.0443. The third-order valence-corrected chi connectivity index (χ3v) is 3.40. The predicted molar refractivity (Wildman–Crippen MR) is 86.1 cm³/mol. The van der Waals surface area contributed by atoms with Crippen LogP contribution in [0.5, 0.6) is 5.75 Å². The Balaban J connectivity index is 1.56. The SMILES string of the molecule is Cc1ccccc1OCCCON=C(N)CN1CCOCC1. The van der Waals surface area contributed by atoms with Gasteiger partial charge in [0.2, 0.25) is 0 Å². The summed E-state index contributed by atoms with van der Waals surface area (Å²) in [5.74, 6) is 1.42. The van der Waals surface area contributed by atoms with Crippen LogP contribution in [0.2, 0.25) is 0 Å². The molecule has 1 aliphatic rings. The van der Waals surface area contributed by atoms with Crippen LogP contribution in [0.4, 0.5) is 0 Å². The number of nitrogens with zero attached hydrogens (tertiary/aromatic N) is 2. The van der Waals surface area contributed by atoms with Crippen LogP contribution in [-0.4, -0.2) is 56.8 Å². The van der Waals surface area contributed by atoms with E-state index >= 15 is 0 Å². The first kappa shape index (κ1) is 16.6. The molecule has 22 heavy (non-hydrogen) atoms. The Morgan fingerprint density at radius 1 is 1.27 bits per heavy atom. The summed E-state index contributed by atoms with van der Waals surface area (Å²) in [6.07, 6.45) is 0.767. The van der Waals surface area contributed by atoms with Crippen LogP contribution >= 0.6 is 0 Å². The minimum Gasteiger partial charge on any atom is -0.493 e. The first-order valence-electron chi connectivity index (χ1n) is 7.68. The summed E-state index contributed by atoms with van der Waals surface area (Å²) in [4.78, 5) is 7.43. The van der Waals surface area contributed by atoms with E-state index in [9.17, 15) is 0 Å². The quantitative estimate of drug-likeness (QED) is 0.340. The van der Waals surface area contributed by atoms with Crippen molar-refractivity contribution in [3.63, 3.8) is 0 Å². The highest BCUT2D eigenvalue weighted by Gasteiger charge is 2.11. The number of oxime groups is 1. The van der Waals surface area contributed by atoms with Gasteiger partial charge in [-0.3, -0.25) is 4.90 Å². The number of para-hydroxylation sites is 1. The van der Waals surface area contributed by atoms with Gasteiger partial charge in [0.25, 0.3) is 0 Å². The van der Waals surface area contributed by atoms with E-state index in [-0.39, 0.29) is 0 Å². The smallest absolute Gasteiger partial charge is 0.153 e. The molecule has 1 aromatic rings. The number of rotatable bonds is 8. The Hall–Kier alpha value is -1.79. The molecule has 0 saturated carbocycles. The Morgan fingerprint density at radius 2 is 2.05 bits per heavy atom. The number of benzene rings is 1. The molecule has 0 amide bonds. The summed E-state index contributed by atoms with van der Waals surface area (Å²) >= 11 is 0. The molecule has 2 N–H and O–H groups in total. The van der Waals surface area contributed by atoms with Crippen molar-refractivity contribution in [3.05, 3.63) is 29.8 Å². The van der Waals surface area contributed by atoms with Crippen molar-refractivity contribution in [3.8, 4) is 5.75 Å². The Bertz CT molecular complexity index is 473. The van der Waals surface area contributed by atoms with Gasteiger partial charge in [-0.1, -0.05) is 23.4 Å². The molecule has 1 saturated heterocycles. The Kier molecular flexibility index (Phi) is 6.99. The van der Waals surface area contributed by atoms with Crippen LogP contribution in [-0.2, 0) is 9.57 Å². The molecular formula is C16H25N3O3. The van der Waals surface area contributed by atoms with Crippen molar-refractivity contribution >= 4 is 5.84 Å². The minimum absolute atomic E-state index is 0.496. The summed E-state index contributed by atoms with van der Waals surface area (Å²) in [6.45, 7) is 7.04. The van der Waals surface area contributed by atoms with Crippen molar-refractivity contribution in [2.75, 3.05) is 46.1 Å². The van der Waals surface area contributed by atoms with Gasteiger partial charge in [-0.05, 0) is 18.6 Å². The maximum absolute atomic E-state index is 5.84. The van der Waals surface area contributed by atoms with E-state index in [1.807, 2.05) is 31.2 Å². The highest BCUT2D eigenvalue weighted by Crippen LogP contribution is 2.16. The standard InChI is InChI=1S/C16H25N3O3/c1-14-5-2-3-6-15(14)21-9-4-10-22-18-16(17)13-19-7-11-20-12-8-19/h2-3,5-6H,4,7-13H2,1H3,(H2,17,18). The van der Waals surface area contributed by atoms with E-state index in [1.165, 1.54) is 0 Å². The van der Waals surface area contributed by atoms with Crippen LogP contribution in [0.15, 0.2) is 29.4 Å². The van der Waals surface area contributed by atoms with Crippen LogP contribution in [0.3, 0.4) is 0 Å². The molecule has 0 aliphatic carbocycles. The molecule has 2 rings (SSSR count). The van der Waals surface area contributed by atoms with Gasteiger partial charge in [-0.15, -0.1) is 0 Å². The molecule has 1 aromatic carbocycles. The molecule has 0 bridgehead atoms. The second kappa shape index (κ2) is 9.27. The molecule has 0 atom stereocenters. The fourth-order valence-electron chi connectivity index (χ4n) is 2.17. The highest BCUT2D eigenvalue weighted by atomic mass is 16.6. The molecule has 122 valence electrons. The van der Waals surface area contributed by atoms with Gasteiger partial charge < -0.3 is 20.0 Å². The molecule has 6 heteroatoms. The first-order chi connectivity index (χ1) is 10.8. The Labute approximate surface area is 131 Å². The molecule has 0 aromatic heterocycles. The van der Waals surface area contributed by atoms with Gasteiger partial charge in [0, 0.05) is 19.5 Å². The predicted octanol–water partition coefficient (Wildman–Crippen LogP) is 1.38. The van der Waals surface area contributed by atoms with Gasteiger partial charge in [0.1, 0.15) is 12.4 Å². The summed E-state index contributed by atoms with van der Waals surface area (Å²) < 4.78 is 11.0. The average molecular weight is 307 g/mol. The van der Waals surface area contributed by atoms with E-state index in [0.717, 1.165) is 44.0 Å². The van der Waals surface area contributed by atoms with Gasteiger partial charge in [0.15, 0.2) is 5.84 Å². The normalized spacial score (nSPS) is 16.5. The van der Waals surface area contributed by atoms with Crippen LogP contribution in [0, 0.1) is 6.92 Å². The lowest BCUT2D eigenvalue weighted by atomic mass is 10.2. The third-order valence-electron chi connectivity index (χ3n) is 3.40. The van der Waals surface area contributed by atoms with Crippen molar-refractivity contribution in [1.82, 2.24) is 4.90 Å². The molecule has 1 fully saturated rings. The van der Waals surface area contributed by atoms with E-state index in [0.29, 0.717) is 25.6 Å². The highest BCUT2D eigenvalue weighted by molar-refractivity contribution is 5.81. The topological polar surface area (TPSA) is 69.3 Å². The van der Waals surface area contributed by atoms with E-state index in [4.69, 9.17) is 20.0 Å². The minimum atomic E-state index is 0.496. The number of nitrogens with two attached hydrogens (primary N) is 1. The number of hydrogen-bond donors (Lipinski definition) is 1. The van der Waals surface area contributed by atoms with Crippen molar-refractivity contribution < 1.29 is 14.3 Å². The number of aryl methyl sites for hydroxylation is 1. The van der Waals surface area contributed by atoms with Gasteiger partial charge in [0.05, 0.1) is 26.4 Å². The Morgan fingerprint density at radius 3 is 2.82 bits per heavy atom. The molecule has 6 nitrogen and oxygen atoms in total. The molecule has 0 radical (unpaired) electrons. The van der Waals surface area contributed by atoms with Crippen LogP contribution in [0.25, 0.3) is 0 Å². The maximum Gasteiger partial charge on any atom is 0.153 e. The number of amidine groups is 1. The van der Waals surface area contributed by atoms with Crippen molar-refractivity contribution in [2.45, 2.75) is 13.3 Å². The number of ether oxygens (including phenoxy) is 2. The fourth-order valence-corrected chi connectivity index (χ4v) is 2.17. The first-order valence-corrected chi connectivity index (χ1v) is 7.68. The second-order valence-electron chi connectivity index (χ2n) is 5.27. The lowest BCUT2D eigenvalue weighted by Crippen LogP contribution is -2.41. The molecule has 0 unspecified atom stereocenters. The fraction of sp³-hybridized carbons (Fsp3) is 0.562. The zero-order valence-electron chi connectivity index (χ0n) is 13.2. The summed E-state index contributed by atoms with van der Waals surface area (Å²) in [5, 5.41) is 3.94. The molecule has 1 heterocycles. The third kappa shape index (κ3) is 5.91. The van der Waals surface area contributed by atoms with Crippen LogP contribution in [0.1, 0.15) is 12.0 Å². The summed E-state index contributed by atoms with van der Waals surface area (Å²) in [7, 11) is 0. The summed E-state index contributed by atoms with van der Waals surface area (Å²) in [5.41, 5.74) is 6.98. The van der Waals surface area contributed by atoms with Crippen LogP contribution < -0.4 is 10.5 Å². The van der Waals surface area contributed by atoms with E-state index < -0.39 is 0 Å². The molecular weight excluding hydrogens is 282 g/mol. The zero-order chi connectivity index (χ0) is 15.6. The van der Waals surface area contributed by atoms with Gasteiger partial charge in [-0.25, -0.2) is 0 Å². The van der Waals surface area contributed by atoms with E-state index in [2.05, 4.69) is 10.1 Å². The number of hydrogen-bond acceptors (Lipinski definition) is 5. The monoisotopic (exact) mass is 307 g/mol. The van der Waals surface area contributed by atoms with Gasteiger partial charge >= 0.3 is 0 Å². The van der Waals surface area contributed by atoms with Crippen molar-refractivity contribution in [2.24, 2.45) is 10.9 Å². The maximum atomic E-state index is 5.84. The molecule has 0 spiro atoms. The van der Waals surface area contributed by atoms with Gasteiger partial charge in [-0.2, -0.15) is 0 Å². The number of morpholine rings is 1. The summed E-state index contributed by atoms with van der Waals surface area (Å²) in [6, 6.07) is 7.96.